The highest BCUT2D eigenvalue weighted by molar-refractivity contribution is 5.44. The van der Waals surface area contributed by atoms with Crippen LogP contribution in [-0.4, -0.2) is 29.2 Å². The highest BCUT2D eigenvalue weighted by atomic mass is 16.3. The molecular formula is C14H15N5O. The first-order chi connectivity index (χ1) is 9.75. The van der Waals surface area contributed by atoms with Gasteiger partial charge in [0.25, 0.3) is 0 Å². The molecule has 6 nitrogen and oxygen atoms in total. The lowest BCUT2D eigenvalue weighted by Gasteiger charge is -2.13. The van der Waals surface area contributed by atoms with Crippen LogP contribution in [0.4, 0.5) is 0 Å². The van der Waals surface area contributed by atoms with Crippen molar-refractivity contribution in [3.8, 4) is 11.6 Å². The van der Waals surface area contributed by atoms with Crippen LogP contribution < -0.4 is 0 Å². The van der Waals surface area contributed by atoms with Crippen LogP contribution >= 0.6 is 0 Å². The molecule has 0 saturated heterocycles. The van der Waals surface area contributed by atoms with Crippen molar-refractivity contribution in [3.63, 3.8) is 0 Å². The number of nitrogens with zero attached hydrogens (tertiary/aromatic N) is 5. The summed E-state index contributed by atoms with van der Waals surface area (Å²) >= 11 is 0. The Kier molecular flexibility index (Phi) is 3.30. The summed E-state index contributed by atoms with van der Waals surface area (Å²) in [5.74, 6) is 1.51. The molecule has 3 aromatic rings. The Balaban J connectivity index is 1.86. The molecule has 0 fully saturated rings. The maximum atomic E-state index is 10.3. The molecule has 3 aromatic heterocycles. The third-order valence-corrected chi connectivity index (χ3v) is 3.18. The fourth-order valence-electron chi connectivity index (χ4n) is 2.11. The number of aliphatic hydroxyl groups is 1. The van der Waals surface area contributed by atoms with Crippen LogP contribution in [0.5, 0.6) is 0 Å². The second-order valence-corrected chi connectivity index (χ2v) is 4.57. The van der Waals surface area contributed by atoms with Gasteiger partial charge in [-0.1, -0.05) is 6.07 Å². The van der Waals surface area contributed by atoms with Crippen molar-refractivity contribution in [3.05, 3.63) is 54.9 Å². The SMILES string of the molecule is Cn1ccnc1-c1nccn1C[C@@H](O)c1cccnc1. The molecule has 20 heavy (non-hydrogen) atoms. The van der Waals surface area contributed by atoms with E-state index in [9.17, 15) is 5.11 Å². The third kappa shape index (κ3) is 2.33. The Morgan fingerprint density at radius 1 is 1.15 bits per heavy atom. The van der Waals surface area contributed by atoms with Gasteiger partial charge < -0.3 is 14.2 Å². The molecule has 0 aliphatic rings. The smallest absolute Gasteiger partial charge is 0.176 e. The van der Waals surface area contributed by atoms with Gasteiger partial charge in [0.2, 0.25) is 0 Å². The summed E-state index contributed by atoms with van der Waals surface area (Å²) in [5.41, 5.74) is 0.784. The van der Waals surface area contributed by atoms with E-state index < -0.39 is 6.10 Å². The number of aryl methyl sites for hydroxylation is 1. The van der Waals surface area contributed by atoms with E-state index >= 15 is 0 Å². The van der Waals surface area contributed by atoms with Crippen molar-refractivity contribution in [2.24, 2.45) is 7.05 Å². The maximum Gasteiger partial charge on any atom is 0.176 e. The van der Waals surface area contributed by atoms with Gasteiger partial charge in [0, 0.05) is 49.8 Å². The minimum atomic E-state index is -0.628. The zero-order valence-corrected chi connectivity index (χ0v) is 11.1. The van der Waals surface area contributed by atoms with E-state index in [-0.39, 0.29) is 0 Å². The summed E-state index contributed by atoms with van der Waals surface area (Å²) in [6.45, 7) is 0.411. The van der Waals surface area contributed by atoms with Gasteiger partial charge in [0.05, 0.1) is 12.6 Å². The second kappa shape index (κ2) is 5.26. The average molecular weight is 269 g/mol. The zero-order chi connectivity index (χ0) is 13.9. The Morgan fingerprint density at radius 3 is 2.65 bits per heavy atom. The molecule has 0 aromatic carbocycles. The topological polar surface area (TPSA) is 68.8 Å². The molecule has 0 radical (unpaired) electrons. The van der Waals surface area contributed by atoms with Gasteiger partial charge in [-0.25, -0.2) is 9.97 Å². The third-order valence-electron chi connectivity index (χ3n) is 3.18. The van der Waals surface area contributed by atoms with E-state index in [0.717, 1.165) is 17.2 Å². The number of hydrogen-bond acceptors (Lipinski definition) is 4. The summed E-state index contributed by atoms with van der Waals surface area (Å²) < 4.78 is 3.79. The quantitative estimate of drug-likeness (QED) is 0.777. The van der Waals surface area contributed by atoms with E-state index in [0.29, 0.717) is 6.54 Å². The van der Waals surface area contributed by atoms with Crippen molar-refractivity contribution >= 4 is 0 Å². The molecule has 0 spiro atoms. The molecule has 3 rings (SSSR count). The predicted molar refractivity (Wildman–Crippen MR) is 73.6 cm³/mol. The van der Waals surface area contributed by atoms with Crippen LogP contribution in [0.1, 0.15) is 11.7 Å². The number of imidazole rings is 2. The summed E-state index contributed by atoms with van der Waals surface area (Å²) in [4.78, 5) is 12.6. The maximum absolute atomic E-state index is 10.3. The van der Waals surface area contributed by atoms with Crippen LogP contribution in [0.2, 0.25) is 0 Å². The van der Waals surface area contributed by atoms with Crippen LogP contribution in [0.25, 0.3) is 11.6 Å². The monoisotopic (exact) mass is 269 g/mol. The van der Waals surface area contributed by atoms with Crippen molar-refractivity contribution in [1.82, 2.24) is 24.1 Å². The number of aliphatic hydroxyl groups excluding tert-OH is 1. The largest absolute Gasteiger partial charge is 0.386 e. The van der Waals surface area contributed by atoms with E-state index in [1.165, 1.54) is 0 Å². The minimum Gasteiger partial charge on any atom is -0.386 e. The molecule has 102 valence electrons. The van der Waals surface area contributed by atoms with Crippen molar-refractivity contribution < 1.29 is 5.11 Å². The van der Waals surface area contributed by atoms with E-state index in [1.807, 2.05) is 40.7 Å². The number of aromatic nitrogens is 5. The van der Waals surface area contributed by atoms with E-state index in [1.54, 1.807) is 24.8 Å². The lowest BCUT2D eigenvalue weighted by atomic mass is 10.1. The molecule has 6 heteroatoms. The average Bonchev–Trinajstić information content (AvgIpc) is 3.08. The lowest BCUT2D eigenvalue weighted by Crippen LogP contribution is -2.10. The van der Waals surface area contributed by atoms with Gasteiger partial charge in [0.1, 0.15) is 0 Å². The predicted octanol–water partition coefficient (Wildman–Crippen LogP) is 1.41. The van der Waals surface area contributed by atoms with Crippen molar-refractivity contribution in [2.75, 3.05) is 0 Å². The van der Waals surface area contributed by atoms with E-state index in [2.05, 4.69) is 15.0 Å². The van der Waals surface area contributed by atoms with Gasteiger partial charge in [-0.2, -0.15) is 0 Å². The molecule has 0 bridgehead atoms. The fraction of sp³-hybridized carbons (Fsp3) is 0.214. The molecule has 3 heterocycles. The first kappa shape index (κ1) is 12.6. The minimum absolute atomic E-state index is 0.411. The lowest BCUT2D eigenvalue weighted by molar-refractivity contribution is 0.156. The number of pyridine rings is 1. The fourth-order valence-corrected chi connectivity index (χ4v) is 2.11. The summed E-state index contributed by atoms with van der Waals surface area (Å²) in [5, 5.41) is 10.3. The molecular weight excluding hydrogens is 254 g/mol. The van der Waals surface area contributed by atoms with Crippen molar-refractivity contribution in [1.29, 1.82) is 0 Å². The van der Waals surface area contributed by atoms with Crippen LogP contribution in [-0.2, 0) is 13.6 Å². The molecule has 0 aliphatic heterocycles. The van der Waals surface area contributed by atoms with Crippen molar-refractivity contribution in [2.45, 2.75) is 12.6 Å². The highest BCUT2D eigenvalue weighted by Crippen LogP contribution is 2.19. The molecule has 0 saturated carbocycles. The Morgan fingerprint density at radius 2 is 1.95 bits per heavy atom. The normalized spacial score (nSPS) is 12.5. The van der Waals surface area contributed by atoms with Gasteiger partial charge >= 0.3 is 0 Å². The standard InChI is InChI=1S/C14H15N5O/c1-18-7-5-16-13(18)14-17-6-8-19(14)10-12(20)11-3-2-4-15-9-11/h2-9,12,20H,10H2,1H3/t12-/m1/s1. The van der Waals surface area contributed by atoms with Gasteiger partial charge in [0.15, 0.2) is 11.6 Å². The molecule has 1 atom stereocenters. The molecule has 1 N–H and O–H groups in total. The summed E-state index contributed by atoms with van der Waals surface area (Å²) in [6.07, 6.45) is 9.87. The first-order valence-corrected chi connectivity index (χ1v) is 6.32. The van der Waals surface area contributed by atoms with Gasteiger partial charge in [-0.05, 0) is 6.07 Å². The Labute approximate surface area is 116 Å². The highest BCUT2D eigenvalue weighted by Gasteiger charge is 2.14. The first-order valence-electron chi connectivity index (χ1n) is 6.32. The summed E-state index contributed by atoms with van der Waals surface area (Å²) in [7, 11) is 1.92. The number of rotatable bonds is 4. The number of hydrogen-bond donors (Lipinski definition) is 1. The molecule has 0 aliphatic carbocycles. The summed E-state index contributed by atoms with van der Waals surface area (Å²) in [6, 6.07) is 3.67. The Bertz CT molecular complexity index is 688. The van der Waals surface area contributed by atoms with Gasteiger partial charge in [-0.3, -0.25) is 4.98 Å². The molecule has 0 amide bonds. The second-order valence-electron chi connectivity index (χ2n) is 4.57. The van der Waals surface area contributed by atoms with Crippen LogP contribution in [0, 0.1) is 0 Å². The molecule has 0 unspecified atom stereocenters. The van der Waals surface area contributed by atoms with Crippen LogP contribution in [0.3, 0.4) is 0 Å². The van der Waals surface area contributed by atoms with E-state index in [4.69, 9.17) is 0 Å². The van der Waals surface area contributed by atoms with Crippen LogP contribution in [0.15, 0.2) is 49.3 Å². The zero-order valence-electron chi connectivity index (χ0n) is 11.1. The Hall–Kier alpha value is -2.47. The van der Waals surface area contributed by atoms with Gasteiger partial charge in [-0.15, -0.1) is 0 Å².